The fourth-order valence-corrected chi connectivity index (χ4v) is 2.70. The van der Waals surface area contributed by atoms with E-state index in [2.05, 4.69) is 15.3 Å². The van der Waals surface area contributed by atoms with Crippen molar-refractivity contribution in [3.05, 3.63) is 64.3 Å². The van der Waals surface area contributed by atoms with Crippen molar-refractivity contribution < 1.29 is 4.79 Å². The number of carbonyl (C=O) groups excluding carboxylic acids is 1. The maximum atomic E-state index is 12.1. The molecule has 0 fully saturated rings. The van der Waals surface area contributed by atoms with Crippen molar-refractivity contribution in [2.75, 3.05) is 5.32 Å². The SMILES string of the molecule is Cc1ccc(C(=O)Nc2nc(-c3ccc(Cl)cc3)cs2)cn1. The normalized spacial score (nSPS) is 10.5. The molecule has 110 valence electrons. The van der Waals surface area contributed by atoms with Gasteiger partial charge >= 0.3 is 0 Å². The first-order valence-corrected chi connectivity index (χ1v) is 7.83. The fourth-order valence-electron chi connectivity index (χ4n) is 1.86. The molecule has 0 spiro atoms. The highest BCUT2D eigenvalue weighted by Crippen LogP contribution is 2.26. The summed E-state index contributed by atoms with van der Waals surface area (Å²) in [4.78, 5) is 20.6. The highest BCUT2D eigenvalue weighted by Gasteiger charge is 2.10. The molecule has 0 atom stereocenters. The number of nitrogens with zero attached hydrogens (tertiary/aromatic N) is 2. The van der Waals surface area contributed by atoms with E-state index in [4.69, 9.17) is 11.6 Å². The second-order valence-corrected chi connectivity index (χ2v) is 5.98. The van der Waals surface area contributed by atoms with Crippen LogP contribution in [0.4, 0.5) is 5.13 Å². The summed E-state index contributed by atoms with van der Waals surface area (Å²) in [5.41, 5.74) is 3.14. The summed E-state index contributed by atoms with van der Waals surface area (Å²) in [6, 6.07) is 11.0. The second-order valence-electron chi connectivity index (χ2n) is 4.69. The number of halogens is 1. The lowest BCUT2D eigenvalue weighted by Gasteiger charge is -2.01. The van der Waals surface area contributed by atoms with Gasteiger partial charge in [0, 0.05) is 27.9 Å². The first kappa shape index (κ1) is 14.7. The number of pyridine rings is 1. The van der Waals surface area contributed by atoms with Gasteiger partial charge in [-0.15, -0.1) is 11.3 Å². The van der Waals surface area contributed by atoms with E-state index in [1.54, 1.807) is 18.3 Å². The standard InChI is InChI=1S/C16H12ClN3OS/c1-10-2-3-12(8-18-10)15(21)20-16-19-14(9-22-16)11-4-6-13(17)7-5-11/h2-9H,1H3,(H,19,20,21). The predicted octanol–water partition coefficient (Wildman–Crippen LogP) is 4.42. The minimum atomic E-state index is -0.218. The molecule has 4 nitrogen and oxygen atoms in total. The summed E-state index contributed by atoms with van der Waals surface area (Å²) in [6.45, 7) is 1.88. The van der Waals surface area contributed by atoms with Crippen molar-refractivity contribution in [1.82, 2.24) is 9.97 Å². The lowest BCUT2D eigenvalue weighted by Crippen LogP contribution is -2.12. The second kappa shape index (κ2) is 6.25. The van der Waals surface area contributed by atoms with Gasteiger partial charge in [-0.2, -0.15) is 0 Å². The van der Waals surface area contributed by atoms with Crippen LogP contribution in [0.25, 0.3) is 11.3 Å². The van der Waals surface area contributed by atoms with E-state index in [-0.39, 0.29) is 5.91 Å². The van der Waals surface area contributed by atoms with Gasteiger partial charge in [-0.1, -0.05) is 23.7 Å². The van der Waals surface area contributed by atoms with Crippen LogP contribution in [0, 0.1) is 6.92 Å². The van der Waals surface area contributed by atoms with E-state index in [0.29, 0.717) is 15.7 Å². The fraction of sp³-hybridized carbons (Fsp3) is 0.0625. The third kappa shape index (κ3) is 3.32. The molecule has 2 aromatic heterocycles. The Labute approximate surface area is 136 Å². The number of anilines is 1. The molecule has 22 heavy (non-hydrogen) atoms. The van der Waals surface area contributed by atoms with Gasteiger partial charge in [0.1, 0.15) is 0 Å². The molecule has 0 saturated heterocycles. The molecule has 3 rings (SSSR count). The van der Waals surface area contributed by atoms with Gasteiger partial charge in [0.05, 0.1) is 11.3 Å². The van der Waals surface area contributed by atoms with E-state index < -0.39 is 0 Å². The Morgan fingerprint density at radius 1 is 1.18 bits per heavy atom. The van der Waals surface area contributed by atoms with E-state index in [0.717, 1.165) is 17.0 Å². The Hall–Kier alpha value is -2.24. The molecule has 0 aliphatic carbocycles. The Kier molecular flexibility index (Phi) is 4.18. The van der Waals surface area contributed by atoms with Crippen LogP contribution in [-0.4, -0.2) is 15.9 Å². The average Bonchev–Trinajstić information content (AvgIpc) is 2.97. The third-order valence-corrected chi connectivity index (χ3v) is 4.05. The van der Waals surface area contributed by atoms with E-state index in [9.17, 15) is 4.79 Å². The smallest absolute Gasteiger partial charge is 0.259 e. The van der Waals surface area contributed by atoms with Crippen molar-refractivity contribution in [2.24, 2.45) is 0 Å². The van der Waals surface area contributed by atoms with Crippen molar-refractivity contribution in [1.29, 1.82) is 0 Å². The third-order valence-electron chi connectivity index (χ3n) is 3.04. The van der Waals surface area contributed by atoms with Crippen LogP contribution in [0.2, 0.25) is 5.02 Å². The van der Waals surface area contributed by atoms with Crippen LogP contribution < -0.4 is 5.32 Å². The van der Waals surface area contributed by atoms with Crippen LogP contribution in [0.3, 0.4) is 0 Å². The van der Waals surface area contributed by atoms with Gasteiger partial charge in [-0.25, -0.2) is 4.98 Å². The summed E-state index contributed by atoms with van der Waals surface area (Å²) in [5.74, 6) is -0.218. The molecule has 0 aliphatic heterocycles. The summed E-state index contributed by atoms with van der Waals surface area (Å²) in [5, 5.41) is 5.91. The minimum Gasteiger partial charge on any atom is -0.298 e. The largest absolute Gasteiger partial charge is 0.298 e. The number of rotatable bonds is 3. The zero-order valence-corrected chi connectivity index (χ0v) is 13.3. The molecule has 0 saturated carbocycles. The minimum absolute atomic E-state index is 0.218. The molecule has 0 aliphatic rings. The lowest BCUT2D eigenvalue weighted by molar-refractivity contribution is 0.102. The van der Waals surface area contributed by atoms with Gasteiger partial charge in [0.15, 0.2) is 5.13 Å². The molecule has 0 bridgehead atoms. The molecule has 1 aromatic carbocycles. The average molecular weight is 330 g/mol. The van der Waals surface area contributed by atoms with E-state index >= 15 is 0 Å². The predicted molar refractivity (Wildman–Crippen MR) is 89.5 cm³/mol. The molecule has 0 unspecified atom stereocenters. The number of aryl methyl sites for hydroxylation is 1. The van der Waals surface area contributed by atoms with E-state index in [1.807, 2.05) is 36.6 Å². The zero-order chi connectivity index (χ0) is 15.5. The summed E-state index contributed by atoms with van der Waals surface area (Å²) < 4.78 is 0. The molecular formula is C16H12ClN3OS. The highest BCUT2D eigenvalue weighted by molar-refractivity contribution is 7.14. The van der Waals surface area contributed by atoms with Crippen LogP contribution >= 0.6 is 22.9 Å². The Morgan fingerprint density at radius 2 is 1.95 bits per heavy atom. The number of carbonyl (C=O) groups is 1. The quantitative estimate of drug-likeness (QED) is 0.774. The number of hydrogen-bond acceptors (Lipinski definition) is 4. The van der Waals surface area contributed by atoms with Crippen LogP contribution in [0.1, 0.15) is 16.1 Å². The summed E-state index contributed by atoms with van der Waals surface area (Å²) >= 11 is 7.25. The first-order valence-electron chi connectivity index (χ1n) is 6.57. The number of benzene rings is 1. The maximum Gasteiger partial charge on any atom is 0.259 e. The Morgan fingerprint density at radius 3 is 2.64 bits per heavy atom. The molecule has 3 aromatic rings. The lowest BCUT2D eigenvalue weighted by atomic mass is 10.2. The summed E-state index contributed by atoms with van der Waals surface area (Å²) in [6.07, 6.45) is 1.55. The number of thiazole rings is 1. The van der Waals surface area contributed by atoms with Crippen LogP contribution in [0.5, 0.6) is 0 Å². The monoisotopic (exact) mass is 329 g/mol. The van der Waals surface area contributed by atoms with Gasteiger partial charge in [0.25, 0.3) is 5.91 Å². The van der Waals surface area contributed by atoms with Gasteiger partial charge in [0.2, 0.25) is 0 Å². The molecule has 1 amide bonds. The van der Waals surface area contributed by atoms with Crippen LogP contribution in [-0.2, 0) is 0 Å². The first-order chi connectivity index (χ1) is 10.6. The molecular weight excluding hydrogens is 318 g/mol. The van der Waals surface area contributed by atoms with Crippen molar-refractivity contribution in [3.63, 3.8) is 0 Å². The molecule has 1 N–H and O–H groups in total. The number of amides is 1. The zero-order valence-electron chi connectivity index (χ0n) is 11.7. The number of hydrogen-bond donors (Lipinski definition) is 1. The molecule has 0 radical (unpaired) electrons. The topological polar surface area (TPSA) is 54.9 Å². The number of nitrogens with one attached hydrogen (secondary N) is 1. The number of aromatic nitrogens is 2. The Balaban J connectivity index is 1.75. The van der Waals surface area contributed by atoms with Crippen molar-refractivity contribution >= 4 is 34.0 Å². The van der Waals surface area contributed by atoms with Gasteiger partial charge in [-0.3, -0.25) is 15.1 Å². The van der Waals surface area contributed by atoms with Crippen molar-refractivity contribution in [3.8, 4) is 11.3 Å². The van der Waals surface area contributed by atoms with Crippen molar-refractivity contribution in [2.45, 2.75) is 6.92 Å². The van der Waals surface area contributed by atoms with Gasteiger partial charge in [-0.05, 0) is 31.2 Å². The molecule has 2 heterocycles. The molecule has 6 heteroatoms. The van der Waals surface area contributed by atoms with Crippen LogP contribution in [0.15, 0.2) is 48.0 Å². The Bertz CT molecular complexity index is 797. The highest BCUT2D eigenvalue weighted by atomic mass is 35.5. The van der Waals surface area contributed by atoms with Gasteiger partial charge < -0.3 is 0 Å². The maximum absolute atomic E-state index is 12.1. The van der Waals surface area contributed by atoms with E-state index in [1.165, 1.54) is 11.3 Å². The summed E-state index contributed by atoms with van der Waals surface area (Å²) in [7, 11) is 0.